The largest absolute Gasteiger partial charge is 0.457 e. The minimum Gasteiger partial charge on any atom is -0.457 e. The van der Waals surface area contributed by atoms with Crippen molar-refractivity contribution >= 4 is 50.1 Å². The first-order valence-electron chi connectivity index (χ1n) is 9.45. The number of sulfone groups is 1. The van der Waals surface area contributed by atoms with Crippen LogP contribution in [-0.2, 0) is 14.6 Å². The van der Waals surface area contributed by atoms with Gasteiger partial charge in [-0.25, -0.2) is 8.42 Å². The van der Waals surface area contributed by atoms with Crippen LogP contribution in [0.15, 0.2) is 45.5 Å². The van der Waals surface area contributed by atoms with Gasteiger partial charge in [0, 0.05) is 28.2 Å². The van der Waals surface area contributed by atoms with Crippen LogP contribution in [0.25, 0.3) is 17.4 Å². The summed E-state index contributed by atoms with van der Waals surface area (Å²) in [5.41, 5.74) is 1.45. The van der Waals surface area contributed by atoms with E-state index >= 15 is 0 Å². The molecule has 0 radical (unpaired) electrons. The van der Waals surface area contributed by atoms with Crippen LogP contribution < -0.4 is 5.32 Å². The fourth-order valence-corrected chi connectivity index (χ4v) is 5.22. The van der Waals surface area contributed by atoms with Crippen LogP contribution in [0, 0.1) is 24.2 Å². The molecule has 32 heavy (non-hydrogen) atoms. The van der Waals surface area contributed by atoms with Crippen molar-refractivity contribution in [3.8, 4) is 17.4 Å². The number of nitrogens with zero attached hydrogens (tertiary/aromatic N) is 3. The predicted octanol–water partition coefficient (Wildman–Crippen LogP) is 4.74. The topological polar surface area (TPSA) is 126 Å². The number of carbonyl (C=O) groups is 1. The van der Waals surface area contributed by atoms with E-state index in [1.54, 1.807) is 38.1 Å². The van der Waals surface area contributed by atoms with Gasteiger partial charge in [0.2, 0.25) is 15.0 Å². The summed E-state index contributed by atoms with van der Waals surface area (Å²) in [7, 11) is -3.65. The Bertz CT molecular complexity index is 1330. The Morgan fingerprint density at radius 3 is 2.75 bits per heavy atom. The van der Waals surface area contributed by atoms with Gasteiger partial charge in [-0.15, -0.1) is 0 Å². The van der Waals surface area contributed by atoms with Crippen molar-refractivity contribution in [2.24, 2.45) is 5.92 Å². The number of benzene rings is 1. The molecule has 0 spiro atoms. The molecule has 0 bridgehead atoms. The van der Waals surface area contributed by atoms with E-state index in [4.69, 9.17) is 16.0 Å². The number of rotatable bonds is 7. The third-order valence-electron chi connectivity index (χ3n) is 4.19. The van der Waals surface area contributed by atoms with Gasteiger partial charge in [0.05, 0.1) is 5.75 Å². The smallest absolute Gasteiger partial charge is 0.268 e. The summed E-state index contributed by atoms with van der Waals surface area (Å²) in [6, 6.07) is 10.6. The molecular weight excluding hydrogens is 472 g/mol. The molecule has 0 saturated heterocycles. The van der Waals surface area contributed by atoms with E-state index in [0.717, 1.165) is 22.7 Å². The van der Waals surface area contributed by atoms with Gasteiger partial charge in [-0.2, -0.15) is 14.6 Å². The molecule has 3 rings (SSSR count). The quantitative estimate of drug-likeness (QED) is 0.374. The van der Waals surface area contributed by atoms with Crippen LogP contribution in [-0.4, -0.2) is 29.4 Å². The summed E-state index contributed by atoms with van der Waals surface area (Å²) in [6.07, 6.45) is 1.28. The number of anilines is 1. The third-order valence-corrected chi connectivity index (χ3v) is 7.19. The van der Waals surface area contributed by atoms with E-state index in [2.05, 4.69) is 14.7 Å². The van der Waals surface area contributed by atoms with Gasteiger partial charge in [-0.05, 0) is 36.6 Å². The van der Waals surface area contributed by atoms with Gasteiger partial charge in [-0.1, -0.05) is 37.6 Å². The summed E-state index contributed by atoms with van der Waals surface area (Å²) in [5.74, 6) is -0.134. The number of nitriles is 1. The van der Waals surface area contributed by atoms with E-state index in [1.807, 2.05) is 19.1 Å². The van der Waals surface area contributed by atoms with E-state index in [0.29, 0.717) is 16.5 Å². The average Bonchev–Trinajstić information content (AvgIpc) is 3.37. The Kier molecular flexibility index (Phi) is 7.13. The lowest BCUT2D eigenvalue weighted by molar-refractivity contribution is -0.112. The minimum atomic E-state index is -3.65. The Morgan fingerprint density at radius 2 is 2.09 bits per heavy atom. The van der Waals surface area contributed by atoms with Crippen molar-refractivity contribution in [3.63, 3.8) is 0 Å². The number of halogens is 1. The summed E-state index contributed by atoms with van der Waals surface area (Å²) in [5, 5.41) is 12.0. The SMILES string of the molecule is Cc1ccc(-c2ccc(/C=C(/C#N)C(=O)Nc3nc(S(=O)(=O)CC(C)C)ns3)o2)cc1Cl. The second-order valence-electron chi connectivity index (χ2n) is 7.35. The molecule has 1 amide bonds. The standard InChI is InChI=1S/C21H19ClN4O4S2/c1-12(2)11-32(28,29)21-25-20(31-26-21)24-19(27)15(10-23)8-16-6-7-18(30-16)14-5-4-13(3)17(22)9-14/h4-9,12H,11H2,1-3H3,(H,24,25,26,27)/b15-8-. The van der Waals surface area contributed by atoms with Gasteiger partial charge in [0.25, 0.3) is 11.1 Å². The summed E-state index contributed by atoms with van der Waals surface area (Å²) >= 11 is 6.88. The highest BCUT2D eigenvalue weighted by molar-refractivity contribution is 7.91. The molecule has 0 fully saturated rings. The normalized spacial score (nSPS) is 12.1. The molecule has 11 heteroatoms. The second kappa shape index (κ2) is 9.65. The van der Waals surface area contributed by atoms with Gasteiger partial charge in [0.1, 0.15) is 23.2 Å². The van der Waals surface area contributed by atoms with E-state index in [9.17, 15) is 18.5 Å². The first kappa shape index (κ1) is 23.7. The van der Waals surface area contributed by atoms with Crippen molar-refractivity contribution in [3.05, 3.63) is 52.3 Å². The highest BCUT2D eigenvalue weighted by Gasteiger charge is 2.23. The number of aromatic nitrogens is 2. The average molecular weight is 491 g/mol. The molecule has 2 heterocycles. The summed E-state index contributed by atoms with van der Waals surface area (Å²) < 4.78 is 34.0. The van der Waals surface area contributed by atoms with Crippen LogP contribution in [0.3, 0.4) is 0 Å². The fourth-order valence-electron chi connectivity index (χ4n) is 2.69. The number of nitrogens with one attached hydrogen (secondary N) is 1. The van der Waals surface area contributed by atoms with Crippen LogP contribution in [0.2, 0.25) is 5.02 Å². The zero-order valence-corrected chi connectivity index (χ0v) is 19.8. The molecule has 0 saturated carbocycles. The maximum atomic E-state index is 12.5. The lowest BCUT2D eigenvalue weighted by Crippen LogP contribution is -2.15. The van der Waals surface area contributed by atoms with E-state index < -0.39 is 15.7 Å². The number of hydrogen-bond donors (Lipinski definition) is 1. The fraction of sp³-hybridized carbons (Fsp3) is 0.238. The number of furan rings is 1. The van der Waals surface area contributed by atoms with Crippen molar-refractivity contribution in [1.82, 2.24) is 9.36 Å². The predicted molar refractivity (Wildman–Crippen MR) is 123 cm³/mol. The Morgan fingerprint density at radius 1 is 1.34 bits per heavy atom. The lowest BCUT2D eigenvalue weighted by Gasteiger charge is -2.02. The molecule has 0 aliphatic rings. The number of hydrogen-bond acceptors (Lipinski definition) is 8. The first-order valence-corrected chi connectivity index (χ1v) is 12.3. The van der Waals surface area contributed by atoms with E-state index in [1.165, 1.54) is 6.08 Å². The van der Waals surface area contributed by atoms with E-state index in [-0.39, 0.29) is 27.5 Å². The molecule has 0 atom stereocenters. The Balaban J connectivity index is 1.76. The molecular formula is C21H19ClN4O4S2. The minimum absolute atomic E-state index is 0.0205. The molecule has 0 aliphatic carbocycles. The molecule has 1 aromatic carbocycles. The van der Waals surface area contributed by atoms with Gasteiger partial charge in [-0.3, -0.25) is 10.1 Å². The number of aryl methyl sites for hydroxylation is 1. The highest BCUT2D eigenvalue weighted by Crippen LogP contribution is 2.28. The molecule has 1 N–H and O–H groups in total. The van der Waals surface area contributed by atoms with Crippen LogP contribution in [0.5, 0.6) is 0 Å². The van der Waals surface area contributed by atoms with Crippen LogP contribution in [0.4, 0.5) is 5.13 Å². The zero-order chi connectivity index (χ0) is 23.5. The van der Waals surface area contributed by atoms with Crippen molar-refractivity contribution in [2.75, 3.05) is 11.1 Å². The Hall–Kier alpha value is -3.00. The monoisotopic (exact) mass is 490 g/mol. The summed E-state index contributed by atoms with van der Waals surface area (Å²) in [6.45, 7) is 5.43. The van der Waals surface area contributed by atoms with Crippen LogP contribution >= 0.6 is 23.1 Å². The number of amides is 1. The van der Waals surface area contributed by atoms with Crippen molar-refractivity contribution in [2.45, 2.75) is 25.9 Å². The van der Waals surface area contributed by atoms with Gasteiger partial charge < -0.3 is 4.42 Å². The molecule has 3 aromatic rings. The first-order chi connectivity index (χ1) is 15.1. The van der Waals surface area contributed by atoms with Crippen molar-refractivity contribution in [1.29, 1.82) is 5.26 Å². The molecule has 0 aliphatic heterocycles. The molecule has 0 unspecified atom stereocenters. The molecule has 8 nitrogen and oxygen atoms in total. The zero-order valence-electron chi connectivity index (χ0n) is 17.4. The van der Waals surface area contributed by atoms with Gasteiger partial charge >= 0.3 is 0 Å². The van der Waals surface area contributed by atoms with Gasteiger partial charge in [0.15, 0.2) is 0 Å². The lowest BCUT2D eigenvalue weighted by atomic mass is 10.1. The maximum absolute atomic E-state index is 12.5. The van der Waals surface area contributed by atoms with Crippen LogP contribution in [0.1, 0.15) is 25.2 Å². The maximum Gasteiger partial charge on any atom is 0.268 e. The molecule has 166 valence electrons. The Labute approximate surface area is 194 Å². The molecule has 2 aromatic heterocycles. The second-order valence-corrected chi connectivity index (χ2v) is 10.4. The number of carbonyl (C=O) groups excluding carboxylic acids is 1. The third kappa shape index (κ3) is 5.62. The highest BCUT2D eigenvalue weighted by atomic mass is 35.5. The van der Waals surface area contributed by atoms with Crippen molar-refractivity contribution < 1.29 is 17.6 Å². The summed E-state index contributed by atoms with van der Waals surface area (Å²) in [4.78, 5) is 16.3.